The number of hydrogen-bond acceptors (Lipinski definition) is 4. The highest BCUT2D eigenvalue weighted by atomic mass is 16.4. The van der Waals surface area contributed by atoms with Gasteiger partial charge < -0.3 is 5.11 Å². The summed E-state index contributed by atoms with van der Waals surface area (Å²) >= 11 is 0. The zero-order valence-corrected chi connectivity index (χ0v) is 10.6. The third-order valence-electron chi connectivity index (χ3n) is 3.04. The fourth-order valence-electron chi connectivity index (χ4n) is 2.01. The number of nitrogens with zero attached hydrogens (tertiary/aromatic N) is 2. The normalized spacial score (nSPS) is 10.7. The van der Waals surface area contributed by atoms with Crippen LogP contribution in [0.2, 0.25) is 0 Å². The Morgan fingerprint density at radius 1 is 1.14 bits per heavy atom. The molecule has 0 spiro atoms. The Bertz CT molecular complexity index is 954. The second-order valence-electron chi connectivity index (χ2n) is 4.33. The van der Waals surface area contributed by atoms with E-state index in [1.807, 2.05) is 0 Å². The van der Waals surface area contributed by atoms with Gasteiger partial charge in [-0.3, -0.25) is 19.7 Å². The number of fused-ring (bicyclic) bond motifs is 1. The van der Waals surface area contributed by atoms with Gasteiger partial charge in [-0.1, -0.05) is 0 Å². The smallest absolute Gasteiger partial charge is 0.335 e. The lowest BCUT2D eigenvalue weighted by atomic mass is 10.2. The average Bonchev–Trinajstić information content (AvgIpc) is 2.51. The Labute approximate surface area is 117 Å². The van der Waals surface area contributed by atoms with Crippen LogP contribution in [0.5, 0.6) is 0 Å². The van der Waals surface area contributed by atoms with Crippen molar-refractivity contribution < 1.29 is 9.90 Å². The fourth-order valence-corrected chi connectivity index (χ4v) is 2.01. The van der Waals surface area contributed by atoms with Crippen molar-refractivity contribution in [3.63, 3.8) is 0 Å². The number of aromatic carboxylic acids is 1. The molecule has 7 nitrogen and oxygen atoms in total. The first kappa shape index (κ1) is 12.8. The van der Waals surface area contributed by atoms with Crippen molar-refractivity contribution in [2.24, 2.45) is 0 Å². The molecular weight excluding hydrogens is 274 g/mol. The molecule has 0 fully saturated rings. The van der Waals surface area contributed by atoms with Crippen LogP contribution in [-0.4, -0.2) is 25.8 Å². The highest BCUT2D eigenvalue weighted by molar-refractivity contribution is 5.87. The van der Waals surface area contributed by atoms with Gasteiger partial charge >= 0.3 is 5.97 Å². The van der Waals surface area contributed by atoms with Gasteiger partial charge in [0.2, 0.25) is 0 Å². The molecule has 0 aliphatic rings. The van der Waals surface area contributed by atoms with Crippen molar-refractivity contribution in [2.45, 2.75) is 0 Å². The van der Waals surface area contributed by atoms with Crippen LogP contribution in [0.4, 0.5) is 0 Å². The number of carbonyl (C=O) groups is 1. The van der Waals surface area contributed by atoms with E-state index in [2.05, 4.69) is 10.1 Å². The lowest BCUT2D eigenvalue weighted by Gasteiger charge is -2.06. The van der Waals surface area contributed by atoms with Gasteiger partial charge in [0.1, 0.15) is 5.52 Å². The average molecular weight is 283 g/mol. The van der Waals surface area contributed by atoms with Gasteiger partial charge in [0.25, 0.3) is 11.1 Å². The van der Waals surface area contributed by atoms with Crippen LogP contribution in [0.15, 0.2) is 52.2 Å². The molecule has 21 heavy (non-hydrogen) atoms. The molecule has 3 rings (SSSR count). The number of rotatable bonds is 2. The molecule has 0 saturated carbocycles. The number of aromatic amines is 1. The largest absolute Gasteiger partial charge is 0.478 e. The van der Waals surface area contributed by atoms with Crippen LogP contribution in [-0.2, 0) is 0 Å². The van der Waals surface area contributed by atoms with Crippen molar-refractivity contribution in [3.8, 4) is 5.69 Å². The van der Waals surface area contributed by atoms with Crippen LogP contribution in [0.3, 0.4) is 0 Å². The topological polar surface area (TPSA) is 105 Å². The van der Waals surface area contributed by atoms with E-state index < -0.39 is 17.1 Å². The molecule has 1 aromatic carbocycles. The summed E-state index contributed by atoms with van der Waals surface area (Å²) < 4.78 is 1.04. The summed E-state index contributed by atoms with van der Waals surface area (Å²) in [6, 6.07) is 8.67. The van der Waals surface area contributed by atoms with E-state index in [-0.39, 0.29) is 16.5 Å². The number of aromatic nitrogens is 3. The highest BCUT2D eigenvalue weighted by Crippen LogP contribution is 2.08. The molecular formula is C14H9N3O4. The maximum atomic E-state index is 12.3. The Morgan fingerprint density at radius 2 is 1.86 bits per heavy atom. The Balaban J connectivity index is 2.26. The summed E-state index contributed by atoms with van der Waals surface area (Å²) in [5.41, 5.74) is -0.417. The standard InChI is InChI=1S/C14H9N3O4/c18-12-10-2-1-7-15-11(10)13(19)17(16-12)9-5-3-8(4-6-9)14(20)21/h1-7H,(H,16,18)(H,20,21). The second-order valence-corrected chi connectivity index (χ2v) is 4.33. The van der Waals surface area contributed by atoms with Crippen LogP contribution in [0, 0.1) is 0 Å². The van der Waals surface area contributed by atoms with Gasteiger partial charge in [-0.15, -0.1) is 0 Å². The quantitative estimate of drug-likeness (QED) is 0.722. The third kappa shape index (κ3) is 2.10. The summed E-state index contributed by atoms with van der Waals surface area (Å²) in [6.07, 6.45) is 1.43. The van der Waals surface area contributed by atoms with Crippen LogP contribution in [0.1, 0.15) is 10.4 Å². The molecule has 0 aliphatic carbocycles. The number of pyridine rings is 1. The SMILES string of the molecule is O=C(O)c1ccc(-n2[nH]c(=O)c3cccnc3c2=O)cc1. The minimum atomic E-state index is -1.07. The lowest BCUT2D eigenvalue weighted by molar-refractivity contribution is 0.0697. The van der Waals surface area contributed by atoms with Crippen molar-refractivity contribution in [1.82, 2.24) is 14.8 Å². The predicted octanol–water partition coefficient (Wildman–Crippen LogP) is 0.772. The molecule has 7 heteroatoms. The minimum absolute atomic E-state index is 0.0589. The van der Waals surface area contributed by atoms with Gasteiger partial charge in [-0.25, -0.2) is 9.48 Å². The Morgan fingerprint density at radius 3 is 2.52 bits per heavy atom. The molecule has 0 unspecified atom stereocenters. The maximum Gasteiger partial charge on any atom is 0.335 e. The molecule has 0 radical (unpaired) electrons. The molecule has 2 heterocycles. The van der Waals surface area contributed by atoms with E-state index in [4.69, 9.17) is 5.11 Å². The molecule has 0 bridgehead atoms. The Kier molecular flexibility index (Phi) is 2.87. The number of H-pyrrole nitrogens is 1. The van der Waals surface area contributed by atoms with Crippen molar-refractivity contribution in [1.29, 1.82) is 0 Å². The Hall–Kier alpha value is -3.22. The summed E-state index contributed by atoms with van der Waals surface area (Å²) in [5, 5.41) is 11.5. The van der Waals surface area contributed by atoms with Crippen molar-refractivity contribution >= 4 is 16.9 Å². The predicted molar refractivity (Wildman–Crippen MR) is 74.9 cm³/mol. The molecule has 0 amide bonds. The monoisotopic (exact) mass is 283 g/mol. The lowest BCUT2D eigenvalue weighted by Crippen LogP contribution is -2.29. The number of nitrogens with one attached hydrogen (secondary N) is 1. The van der Waals surface area contributed by atoms with E-state index >= 15 is 0 Å². The minimum Gasteiger partial charge on any atom is -0.478 e. The molecule has 0 atom stereocenters. The van der Waals surface area contributed by atoms with E-state index in [9.17, 15) is 14.4 Å². The van der Waals surface area contributed by atoms with Gasteiger partial charge in [-0.05, 0) is 36.4 Å². The zero-order chi connectivity index (χ0) is 15.0. The first-order valence-electron chi connectivity index (χ1n) is 6.02. The maximum absolute atomic E-state index is 12.3. The number of benzene rings is 1. The molecule has 104 valence electrons. The first-order chi connectivity index (χ1) is 10.1. The van der Waals surface area contributed by atoms with E-state index in [0.717, 1.165) is 4.68 Å². The fraction of sp³-hybridized carbons (Fsp3) is 0. The van der Waals surface area contributed by atoms with E-state index in [1.54, 1.807) is 6.07 Å². The highest BCUT2D eigenvalue weighted by Gasteiger charge is 2.10. The van der Waals surface area contributed by atoms with Crippen LogP contribution >= 0.6 is 0 Å². The second kappa shape index (κ2) is 4.71. The van der Waals surface area contributed by atoms with Crippen LogP contribution < -0.4 is 11.1 Å². The van der Waals surface area contributed by atoms with Gasteiger partial charge in [0, 0.05) is 6.20 Å². The summed E-state index contributed by atoms with van der Waals surface area (Å²) in [5.74, 6) is -1.07. The van der Waals surface area contributed by atoms with E-state index in [0.29, 0.717) is 5.69 Å². The summed E-state index contributed by atoms with van der Waals surface area (Å²) in [7, 11) is 0. The molecule has 3 aromatic rings. The molecule has 2 N–H and O–H groups in total. The third-order valence-corrected chi connectivity index (χ3v) is 3.04. The number of carboxylic acids is 1. The van der Waals surface area contributed by atoms with Crippen molar-refractivity contribution in [2.75, 3.05) is 0 Å². The van der Waals surface area contributed by atoms with Gasteiger partial charge in [0.15, 0.2) is 0 Å². The van der Waals surface area contributed by atoms with E-state index in [1.165, 1.54) is 36.5 Å². The van der Waals surface area contributed by atoms with Gasteiger partial charge in [0.05, 0.1) is 16.6 Å². The number of carboxylic acid groups (broad SMARTS) is 1. The summed E-state index contributed by atoms with van der Waals surface area (Å²) in [6.45, 7) is 0. The zero-order valence-electron chi connectivity index (χ0n) is 10.6. The van der Waals surface area contributed by atoms with Crippen LogP contribution in [0.25, 0.3) is 16.6 Å². The first-order valence-corrected chi connectivity index (χ1v) is 6.02. The van der Waals surface area contributed by atoms with Gasteiger partial charge in [-0.2, -0.15) is 0 Å². The summed E-state index contributed by atoms with van der Waals surface area (Å²) in [4.78, 5) is 39.0. The molecule has 0 aliphatic heterocycles. The molecule has 2 aromatic heterocycles. The molecule has 0 saturated heterocycles. The van der Waals surface area contributed by atoms with Crippen molar-refractivity contribution in [3.05, 3.63) is 68.9 Å². The number of hydrogen-bond donors (Lipinski definition) is 2.